The second kappa shape index (κ2) is 38.5. The van der Waals surface area contributed by atoms with Gasteiger partial charge in [0.15, 0.2) is 12.1 Å². The first-order chi connectivity index (χ1) is 66.7. The zero-order chi connectivity index (χ0) is 95.2. The summed E-state index contributed by atoms with van der Waals surface area (Å²) in [5, 5.41) is 11.6. The number of thiophene rings is 2. The zero-order valence-corrected chi connectivity index (χ0v) is 81.5. The smallest absolute Gasteiger partial charge is 0.262 e. The molecule has 10 aliphatic rings. The SMILES string of the molecule is CCOCCNC(=O)C(c1cccs1)N1C(=O)c2cc(Oc3ccc(C(C)(C)CN(CC4CO4)CC4CO4)cc3)c3c4c(Oc5ccc(C(C)(C)CN(CC6CO6)CC6CO6)cc5)cc5c6c(cc(Oc7ccc(C(C)(C)CN(CC8CO8)CC8CO8)cc7)c(c7c(Oc8ccc(C(C)(C)CN(CC9CO9)CC9CO9)cc8)cc(c2c37)C1=O)c64)C(=O)N(C(C(=O)NCCOCC)c1cccs1)C5=O. The topological polar surface area (TPSA) is 302 Å². The monoisotopic (exact) mass is 1910 g/mol. The lowest BCUT2D eigenvalue weighted by atomic mass is 9.80. The molecule has 0 radical (unpaired) electrons. The van der Waals surface area contributed by atoms with Crippen LogP contribution in [0.2, 0.25) is 0 Å². The van der Waals surface area contributed by atoms with Crippen LogP contribution in [0, 0.1) is 0 Å². The first kappa shape index (κ1) is 93.8. The van der Waals surface area contributed by atoms with E-state index < -0.39 is 69.2 Å². The highest BCUT2D eigenvalue weighted by molar-refractivity contribution is 7.10. The first-order valence-electron chi connectivity index (χ1n) is 48.5. The van der Waals surface area contributed by atoms with Gasteiger partial charge in [-0.2, -0.15) is 0 Å². The number of carbonyl (C=O) groups excluding carboxylic acids is 6. The van der Waals surface area contributed by atoms with Crippen LogP contribution >= 0.6 is 22.7 Å². The van der Waals surface area contributed by atoms with Gasteiger partial charge in [-0.25, -0.2) is 0 Å². The Morgan fingerprint density at radius 3 is 0.768 bits per heavy atom. The molecule has 2 N–H and O–H groups in total. The lowest BCUT2D eigenvalue weighted by molar-refractivity contribution is -0.126. The van der Waals surface area contributed by atoms with E-state index in [0.29, 0.717) is 125 Å². The van der Waals surface area contributed by atoms with Crippen LogP contribution in [-0.2, 0) is 78.6 Å². The Hall–Kier alpha value is -10.5. The molecule has 21 rings (SSSR count). The van der Waals surface area contributed by atoms with Crippen molar-refractivity contribution in [2.45, 2.75) is 152 Å². The molecule has 8 saturated heterocycles. The summed E-state index contributed by atoms with van der Waals surface area (Å²) in [6.45, 7) is 37.1. The van der Waals surface area contributed by atoms with Crippen molar-refractivity contribution in [2.75, 3.05) is 171 Å². The number of imide groups is 2. The summed E-state index contributed by atoms with van der Waals surface area (Å²) in [4.78, 5) is 112. The Morgan fingerprint density at radius 1 is 0.348 bits per heavy atom. The molecule has 10 atom stereocenters. The van der Waals surface area contributed by atoms with Crippen LogP contribution in [0.4, 0.5) is 0 Å². The fraction of sp³-hybridized carbons (Fsp3) is 0.463. The van der Waals surface area contributed by atoms with E-state index >= 15 is 28.8 Å². The van der Waals surface area contributed by atoms with Gasteiger partial charge in [-0.05, 0) is 132 Å². The number of rotatable bonds is 50. The number of nitrogens with zero attached hydrogens (tertiary/aromatic N) is 6. The van der Waals surface area contributed by atoms with E-state index in [2.05, 4.69) is 85.6 Å². The summed E-state index contributed by atoms with van der Waals surface area (Å²) in [5.41, 5.74) is 2.28. The van der Waals surface area contributed by atoms with Crippen molar-refractivity contribution in [3.8, 4) is 46.0 Å². The number of epoxide rings is 8. The second-order valence-corrected chi connectivity index (χ2v) is 42.9. The van der Waals surface area contributed by atoms with Gasteiger partial charge in [0.1, 0.15) is 46.0 Å². The van der Waals surface area contributed by atoms with Gasteiger partial charge in [-0.15, -0.1) is 22.7 Å². The van der Waals surface area contributed by atoms with Crippen LogP contribution in [0.1, 0.15) is 155 Å². The molecule has 10 aliphatic heterocycles. The Balaban J connectivity index is 0.821. The number of carbonyl (C=O) groups is 6. The number of fused-ring (bicyclic) bond motifs is 2. The Kier molecular flexibility index (Phi) is 26.2. The van der Waals surface area contributed by atoms with Crippen LogP contribution in [-0.4, -0.2) is 285 Å². The van der Waals surface area contributed by atoms with Crippen molar-refractivity contribution in [1.29, 1.82) is 0 Å². The Labute approximate surface area is 810 Å². The zero-order valence-electron chi connectivity index (χ0n) is 79.8. The molecule has 724 valence electrons. The van der Waals surface area contributed by atoms with Crippen molar-refractivity contribution in [3.63, 3.8) is 0 Å². The molecule has 12 heterocycles. The number of hydrogen-bond donors (Lipinski definition) is 2. The summed E-state index contributed by atoms with van der Waals surface area (Å²) in [7, 11) is 0. The molecule has 2 aromatic heterocycles. The van der Waals surface area contributed by atoms with Gasteiger partial charge in [0.05, 0.1) is 137 Å². The summed E-state index contributed by atoms with van der Waals surface area (Å²) < 4.78 is 88.6. The molecular formula is C108H120N8O20S2. The molecule has 8 fully saturated rings. The molecule has 6 amide bonds. The lowest BCUT2D eigenvalue weighted by Gasteiger charge is -2.35. The van der Waals surface area contributed by atoms with Gasteiger partial charge in [0, 0.05) is 179 Å². The maximum absolute atomic E-state index is 17.1. The van der Waals surface area contributed by atoms with Crippen LogP contribution in [0.25, 0.3) is 43.1 Å². The van der Waals surface area contributed by atoms with E-state index in [1.54, 1.807) is 59.3 Å². The molecular weight excluding hydrogens is 1790 g/mol. The maximum Gasteiger partial charge on any atom is 0.262 e. The average molecular weight is 1910 g/mol. The molecule has 9 aromatic carbocycles. The second-order valence-electron chi connectivity index (χ2n) is 40.9. The fourth-order valence-corrected chi connectivity index (χ4v) is 22.1. The van der Waals surface area contributed by atoms with Crippen LogP contribution < -0.4 is 29.6 Å². The van der Waals surface area contributed by atoms with Crippen molar-refractivity contribution >= 4 is 101 Å². The van der Waals surface area contributed by atoms with E-state index in [9.17, 15) is 0 Å². The third-order valence-corrected chi connectivity index (χ3v) is 29.8. The minimum absolute atomic E-state index is 0.00891. The van der Waals surface area contributed by atoms with Crippen molar-refractivity contribution < 1.29 is 95.1 Å². The Bertz CT molecular complexity index is 5610. The third-order valence-electron chi connectivity index (χ3n) is 27.9. The van der Waals surface area contributed by atoms with E-state index in [1.165, 1.54) is 22.7 Å². The van der Waals surface area contributed by atoms with Gasteiger partial charge in [-0.3, -0.25) is 58.2 Å². The van der Waals surface area contributed by atoms with E-state index in [4.69, 9.17) is 66.3 Å². The molecule has 30 heteroatoms. The molecule has 0 spiro atoms. The third kappa shape index (κ3) is 20.6. The predicted molar refractivity (Wildman–Crippen MR) is 524 cm³/mol. The largest absolute Gasteiger partial charge is 0.457 e. The number of ether oxygens (including phenoxy) is 14. The average Bonchev–Trinajstić information content (AvgIpc) is 1.62. The highest BCUT2D eigenvalue weighted by atomic mass is 32.1. The first-order valence-corrected chi connectivity index (χ1v) is 50.3. The van der Waals surface area contributed by atoms with Crippen LogP contribution in [0.3, 0.4) is 0 Å². The number of hydrogen-bond acceptors (Lipinski definition) is 26. The van der Waals surface area contributed by atoms with E-state index in [1.807, 2.05) is 111 Å². The lowest BCUT2D eigenvalue weighted by Crippen LogP contribution is -2.49. The quantitative estimate of drug-likeness (QED) is 0.0118. The van der Waals surface area contributed by atoms with Gasteiger partial charge < -0.3 is 76.9 Å². The van der Waals surface area contributed by atoms with E-state index in [0.717, 1.165) is 84.4 Å². The minimum Gasteiger partial charge on any atom is -0.457 e. The molecule has 0 bridgehead atoms. The minimum atomic E-state index is -1.51. The predicted octanol–water partition coefficient (Wildman–Crippen LogP) is 15.5. The van der Waals surface area contributed by atoms with Crippen molar-refractivity contribution in [2.24, 2.45) is 0 Å². The van der Waals surface area contributed by atoms with Gasteiger partial charge >= 0.3 is 0 Å². The summed E-state index contributed by atoms with van der Waals surface area (Å²) in [6, 6.07) is 42.2. The molecule has 28 nitrogen and oxygen atoms in total. The summed E-state index contributed by atoms with van der Waals surface area (Å²) in [6.07, 6.45) is 1.16. The molecule has 0 saturated carbocycles. The fourth-order valence-electron chi connectivity index (χ4n) is 20.5. The Morgan fingerprint density at radius 2 is 0.572 bits per heavy atom. The molecule has 0 aliphatic carbocycles. The normalized spacial score (nSPS) is 21.2. The van der Waals surface area contributed by atoms with Gasteiger partial charge in [0.25, 0.3) is 23.6 Å². The summed E-state index contributed by atoms with van der Waals surface area (Å²) in [5.74, 6) is -2.84. The standard InChI is InChI=1S/C108H120N8O20S2/c1-11-123-35-33-109-99(117)97(87-15-13-37-137-87)115-101(119)79-39-83(133-67-25-17-63(18-26-67)105(3,4)59-111(43-71-51-125-71)44-72-52-126-72)91-93-85(135-69-29-21-65(22-30-69)107(7,8)61-113(47-75-55-129-75)48-76-56-130-76)41-81-90-82(104(122)116(103(81)121)98(88-16-14-38-138-88)100(118)110-34-36-124-12-2)42-86(136-70-31-23-66(24-32-70)108(9,10)62-114(49-77-57-131-77)50-78-58-132-78)94(96(90)93)92-84(40-80(102(115)120)89(79)95(91)92)134-68-27-19-64(20-28-68)106(5,6)60-112(45-73-53-127-73)46-74-54-128-74/h13-32,37-42,71-78,97-98H,11-12,33-36,43-62H2,1-10H3,(H,109,117)(H,110,118). The van der Waals surface area contributed by atoms with Crippen molar-refractivity contribution in [3.05, 3.63) is 211 Å². The van der Waals surface area contributed by atoms with Crippen LogP contribution in [0.5, 0.6) is 46.0 Å². The van der Waals surface area contributed by atoms with E-state index in [-0.39, 0.29) is 163 Å². The maximum atomic E-state index is 17.1. The highest BCUT2D eigenvalue weighted by Crippen LogP contribution is 2.59. The number of benzene rings is 9. The van der Waals surface area contributed by atoms with Gasteiger partial charge in [-0.1, -0.05) is 116 Å². The highest BCUT2D eigenvalue weighted by Gasteiger charge is 2.50. The van der Waals surface area contributed by atoms with Crippen molar-refractivity contribution in [1.82, 2.24) is 40.0 Å². The molecule has 11 aromatic rings. The number of amides is 6. The summed E-state index contributed by atoms with van der Waals surface area (Å²) >= 11 is 2.46. The number of nitrogens with one attached hydrogen (secondary N) is 2. The molecule has 10 unspecified atom stereocenters. The van der Waals surface area contributed by atoms with Gasteiger partial charge in [0.2, 0.25) is 11.8 Å². The van der Waals surface area contributed by atoms with Crippen LogP contribution in [0.15, 0.2) is 156 Å². The molecule has 138 heavy (non-hydrogen) atoms.